The van der Waals surface area contributed by atoms with Gasteiger partial charge in [0, 0.05) is 41.7 Å². The predicted octanol–water partition coefficient (Wildman–Crippen LogP) is 4.01. The third-order valence-corrected chi connectivity index (χ3v) is 4.36. The van der Waals surface area contributed by atoms with E-state index in [-0.39, 0.29) is 10.6 Å². The molecule has 0 saturated heterocycles. The zero-order chi connectivity index (χ0) is 15.7. The molecule has 0 N–H and O–H groups in total. The van der Waals surface area contributed by atoms with Crippen LogP contribution in [0, 0.1) is 10.1 Å². The summed E-state index contributed by atoms with van der Waals surface area (Å²) in [6.07, 6.45) is 6.16. The summed E-state index contributed by atoms with van der Waals surface area (Å²) in [7, 11) is 1.64. The number of methoxy groups -OCH3 is 1. The molecule has 0 spiro atoms. The van der Waals surface area contributed by atoms with E-state index in [9.17, 15) is 10.1 Å². The monoisotopic (exact) mass is 300 g/mol. The molecule has 22 heavy (non-hydrogen) atoms. The minimum atomic E-state index is -0.327. The SMILES string of the molecule is COc1ccc2c(c1)c(C=C(C)[N+](=O)[O-])c1n2CCCCC1. The first-order chi connectivity index (χ1) is 10.6. The first-order valence-electron chi connectivity index (χ1n) is 7.63. The first kappa shape index (κ1) is 14.6. The number of rotatable bonds is 3. The second kappa shape index (κ2) is 5.83. The van der Waals surface area contributed by atoms with E-state index in [0.29, 0.717) is 0 Å². The van der Waals surface area contributed by atoms with Crippen molar-refractivity contribution in [3.05, 3.63) is 45.3 Å². The van der Waals surface area contributed by atoms with Gasteiger partial charge in [0.25, 0.3) is 0 Å². The summed E-state index contributed by atoms with van der Waals surface area (Å²) in [6.45, 7) is 2.52. The van der Waals surface area contributed by atoms with E-state index in [1.807, 2.05) is 12.1 Å². The molecule has 0 aliphatic carbocycles. The van der Waals surface area contributed by atoms with Gasteiger partial charge in [-0.2, -0.15) is 0 Å². The molecule has 0 amide bonds. The van der Waals surface area contributed by atoms with Crippen molar-refractivity contribution >= 4 is 17.0 Å². The second-order valence-corrected chi connectivity index (χ2v) is 5.75. The second-order valence-electron chi connectivity index (χ2n) is 5.75. The van der Waals surface area contributed by atoms with Gasteiger partial charge in [-0.3, -0.25) is 10.1 Å². The summed E-state index contributed by atoms with van der Waals surface area (Å²) in [5.41, 5.74) is 3.49. The van der Waals surface area contributed by atoms with Crippen molar-refractivity contribution in [1.29, 1.82) is 0 Å². The van der Waals surface area contributed by atoms with Gasteiger partial charge < -0.3 is 9.30 Å². The topological polar surface area (TPSA) is 57.3 Å². The number of aromatic nitrogens is 1. The third kappa shape index (κ3) is 2.47. The Morgan fingerprint density at radius 2 is 2.18 bits per heavy atom. The van der Waals surface area contributed by atoms with E-state index in [2.05, 4.69) is 10.6 Å². The molecule has 5 heteroatoms. The number of aryl methyl sites for hydroxylation is 1. The van der Waals surface area contributed by atoms with E-state index >= 15 is 0 Å². The van der Waals surface area contributed by atoms with Crippen LogP contribution in [-0.2, 0) is 13.0 Å². The van der Waals surface area contributed by atoms with Crippen LogP contribution in [0.25, 0.3) is 17.0 Å². The minimum Gasteiger partial charge on any atom is -0.497 e. The number of benzene rings is 1. The zero-order valence-electron chi connectivity index (χ0n) is 13.0. The predicted molar refractivity (Wildman–Crippen MR) is 86.7 cm³/mol. The van der Waals surface area contributed by atoms with Crippen molar-refractivity contribution < 1.29 is 9.66 Å². The molecule has 0 unspecified atom stereocenters. The van der Waals surface area contributed by atoms with Crippen molar-refractivity contribution in [2.45, 2.75) is 39.2 Å². The summed E-state index contributed by atoms with van der Waals surface area (Å²) in [4.78, 5) is 10.7. The lowest BCUT2D eigenvalue weighted by Crippen LogP contribution is -2.00. The molecule has 1 aliphatic heterocycles. The van der Waals surface area contributed by atoms with E-state index in [1.165, 1.54) is 12.1 Å². The number of allylic oxidation sites excluding steroid dienone is 1. The molecule has 2 aromatic rings. The molecule has 0 radical (unpaired) electrons. The molecule has 3 rings (SSSR count). The van der Waals surface area contributed by atoms with E-state index in [4.69, 9.17) is 4.74 Å². The van der Waals surface area contributed by atoms with Crippen LogP contribution in [0.4, 0.5) is 0 Å². The summed E-state index contributed by atoms with van der Waals surface area (Å²) in [5.74, 6) is 0.779. The molecule has 116 valence electrons. The molecule has 0 bridgehead atoms. The van der Waals surface area contributed by atoms with Crippen LogP contribution in [-0.4, -0.2) is 16.6 Å². The van der Waals surface area contributed by atoms with E-state index < -0.39 is 0 Å². The number of fused-ring (bicyclic) bond motifs is 3. The van der Waals surface area contributed by atoms with Crippen LogP contribution >= 0.6 is 0 Å². The Bertz CT molecular complexity index is 759. The molecule has 1 aromatic carbocycles. The average molecular weight is 300 g/mol. The summed E-state index contributed by atoms with van der Waals surface area (Å²) in [5, 5.41) is 12.1. The van der Waals surface area contributed by atoms with Gasteiger partial charge in [-0.05, 0) is 37.5 Å². The van der Waals surface area contributed by atoms with Gasteiger partial charge >= 0.3 is 0 Å². The number of nitro groups is 1. The summed E-state index contributed by atoms with van der Waals surface area (Å²) in [6, 6.07) is 5.99. The van der Waals surface area contributed by atoms with Gasteiger partial charge in [-0.25, -0.2) is 0 Å². The highest BCUT2D eigenvalue weighted by Crippen LogP contribution is 2.34. The highest BCUT2D eigenvalue weighted by molar-refractivity contribution is 5.92. The lowest BCUT2D eigenvalue weighted by molar-refractivity contribution is -0.422. The fraction of sp³-hybridized carbons (Fsp3) is 0.412. The molecular weight excluding hydrogens is 280 g/mol. The lowest BCUT2D eigenvalue weighted by atomic mass is 10.1. The molecule has 1 aliphatic rings. The van der Waals surface area contributed by atoms with Crippen molar-refractivity contribution in [3.63, 3.8) is 0 Å². The van der Waals surface area contributed by atoms with Crippen molar-refractivity contribution in [2.24, 2.45) is 0 Å². The third-order valence-electron chi connectivity index (χ3n) is 4.36. The normalized spacial score (nSPS) is 15.5. The molecule has 0 fully saturated rings. The van der Waals surface area contributed by atoms with E-state index in [1.54, 1.807) is 20.1 Å². The van der Waals surface area contributed by atoms with Crippen molar-refractivity contribution in [2.75, 3.05) is 7.11 Å². The van der Waals surface area contributed by atoms with Crippen LogP contribution in [0.1, 0.15) is 37.4 Å². The van der Waals surface area contributed by atoms with Gasteiger partial charge in [0.1, 0.15) is 5.75 Å². The van der Waals surface area contributed by atoms with Crippen LogP contribution in [0.15, 0.2) is 23.9 Å². The molecule has 5 nitrogen and oxygen atoms in total. The van der Waals surface area contributed by atoms with Gasteiger partial charge in [0.2, 0.25) is 5.70 Å². The molecular formula is C17H20N2O3. The molecule has 1 aromatic heterocycles. The number of hydrogen-bond donors (Lipinski definition) is 0. The Hall–Kier alpha value is -2.30. The Kier molecular flexibility index (Phi) is 3.88. The molecule has 2 heterocycles. The first-order valence-corrected chi connectivity index (χ1v) is 7.63. The maximum atomic E-state index is 11.0. The Morgan fingerprint density at radius 3 is 2.91 bits per heavy atom. The van der Waals surface area contributed by atoms with Crippen molar-refractivity contribution in [1.82, 2.24) is 4.57 Å². The fourth-order valence-electron chi connectivity index (χ4n) is 3.23. The molecule has 0 atom stereocenters. The van der Waals surface area contributed by atoms with Crippen LogP contribution in [0.5, 0.6) is 5.75 Å². The maximum Gasteiger partial charge on any atom is 0.243 e. The number of nitrogens with zero attached hydrogens (tertiary/aromatic N) is 2. The quantitative estimate of drug-likeness (QED) is 0.635. The summed E-state index contributed by atoms with van der Waals surface area (Å²) >= 11 is 0. The number of hydrogen-bond acceptors (Lipinski definition) is 3. The van der Waals surface area contributed by atoms with Crippen LogP contribution in [0.2, 0.25) is 0 Å². The fourth-order valence-corrected chi connectivity index (χ4v) is 3.23. The molecule has 0 saturated carbocycles. The van der Waals surface area contributed by atoms with Gasteiger partial charge in [0.15, 0.2) is 0 Å². The Balaban J connectivity index is 2.28. The van der Waals surface area contributed by atoms with Gasteiger partial charge in [-0.15, -0.1) is 0 Å². The average Bonchev–Trinajstić information content (AvgIpc) is 2.68. The standard InChI is InChI=1S/C17H20N2O3/c1-12(19(20)21)10-14-15-11-13(22-2)7-8-17(15)18-9-5-3-4-6-16(14)18/h7-8,10-11H,3-6,9H2,1-2H3. The van der Waals surface area contributed by atoms with Gasteiger partial charge in [0.05, 0.1) is 12.0 Å². The summed E-state index contributed by atoms with van der Waals surface area (Å²) < 4.78 is 7.64. The van der Waals surface area contributed by atoms with Crippen molar-refractivity contribution in [3.8, 4) is 5.75 Å². The van der Waals surface area contributed by atoms with E-state index in [0.717, 1.165) is 48.0 Å². The van der Waals surface area contributed by atoms with Crippen LogP contribution in [0.3, 0.4) is 0 Å². The van der Waals surface area contributed by atoms with Crippen LogP contribution < -0.4 is 4.74 Å². The largest absolute Gasteiger partial charge is 0.497 e. The smallest absolute Gasteiger partial charge is 0.243 e. The highest BCUT2D eigenvalue weighted by atomic mass is 16.6. The Morgan fingerprint density at radius 1 is 1.36 bits per heavy atom. The highest BCUT2D eigenvalue weighted by Gasteiger charge is 2.19. The zero-order valence-corrected chi connectivity index (χ0v) is 13.0. The Labute approximate surface area is 129 Å². The number of ether oxygens (including phenoxy) is 1. The van der Waals surface area contributed by atoms with Gasteiger partial charge in [-0.1, -0.05) is 6.42 Å². The minimum absolute atomic E-state index is 0.169. The lowest BCUT2D eigenvalue weighted by Gasteiger charge is -2.06. The maximum absolute atomic E-state index is 11.0.